The Hall–Kier alpha value is -0.120. The summed E-state index contributed by atoms with van der Waals surface area (Å²) in [7, 11) is 0. The van der Waals surface area contributed by atoms with Crippen molar-refractivity contribution in [2.75, 3.05) is 6.54 Å². The molecule has 0 aromatic rings. The lowest BCUT2D eigenvalue weighted by molar-refractivity contribution is 0.00671. The molecule has 0 aliphatic rings. The molecule has 0 aliphatic carbocycles. The summed E-state index contributed by atoms with van der Waals surface area (Å²) < 4.78 is 0. The molecule has 0 heterocycles. The number of aliphatic hydroxyl groups is 1. The Labute approximate surface area is 69.0 Å². The van der Waals surface area contributed by atoms with E-state index in [9.17, 15) is 5.11 Å². The number of nitrogens with one attached hydrogen (secondary N) is 1. The summed E-state index contributed by atoms with van der Waals surface area (Å²) in [6, 6.07) is -0.177. The summed E-state index contributed by atoms with van der Waals surface area (Å²) in [6.45, 7) is 8.36. The van der Waals surface area contributed by atoms with Crippen molar-refractivity contribution in [3.63, 3.8) is 0 Å². The van der Waals surface area contributed by atoms with Gasteiger partial charge in [-0.15, -0.1) is 0 Å². The van der Waals surface area contributed by atoms with E-state index in [0.29, 0.717) is 0 Å². The highest BCUT2D eigenvalue weighted by molar-refractivity contribution is 4.90. The summed E-state index contributed by atoms with van der Waals surface area (Å²) in [4.78, 5) is 0. The van der Waals surface area contributed by atoms with Gasteiger partial charge >= 0.3 is 0 Å². The molecule has 0 fully saturated rings. The molecule has 11 heavy (non-hydrogen) atoms. The first kappa shape index (κ1) is 10.9. The lowest BCUT2D eigenvalue weighted by Gasteiger charge is -2.34. The van der Waals surface area contributed by atoms with E-state index < -0.39 is 5.60 Å². The van der Waals surface area contributed by atoms with Crippen LogP contribution >= 0.6 is 0 Å². The molecule has 0 saturated carbocycles. The van der Waals surface area contributed by atoms with E-state index >= 15 is 0 Å². The average molecular weight is 160 g/mol. The van der Waals surface area contributed by atoms with Crippen LogP contribution in [0, 0.1) is 0 Å². The van der Waals surface area contributed by atoms with Gasteiger partial charge in [0.15, 0.2) is 0 Å². The van der Waals surface area contributed by atoms with Gasteiger partial charge in [0.05, 0.1) is 5.60 Å². The molecule has 0 rings (SSSR count). The van der Waals surface area contributed by atoms with Crippen molar-refractivity contribution in [1.82, 2.24) is 5.32 Å². The van der Waals surface area contributed by atoms with E-state index in [1.807, 2.05) is 20.8 Å². The Morgan fingerprint density at radius 2 is 2.00 bits per heavy atom. The van der Waals surface area contributed by atoms with Crippen LogP contribution in [0.4, 0.5) is 0 Å². The van der Waals surface area contributed by atoms with E-state index in [-0.39, 0.29) is 12.1 Å². The van der Waals surface area contributed by atoms with E-state index in [2.05, 4.69) is 5.32 Å². The molecular weight excluding hydrogens is 140 g/mol. The van der Waals surface area contributed by atoms with Gasteiger partial charge in [0, 0.05) is 12.1 Å². The van der Waals surface area contributed by atoms with E-state index in [4.69, 9.17) is 5.73 Å². The maximum atomic E-state index is 9.80. The smallest absolute Gasteiger partial charge is 0.0916 e. The largest absolute Gasteiger partial charge is 0.387 e. The molecule has 68 valence electrons. The Bertz CT molecular complexity index is 113. The van der Waals surface area contributed by atoms with Gasteiger partial charge < -0.3 is 16.2 Å². The molecule has 0 saturated heterocycles. The van der Waals surface area contributed by atoms with Crippen molar-refractivity contribution >= 4 is 0 Å². The monoisotopic (exact) mass is 160 g/mol. The molecule has 4 N–H and O–H groups in total. The molecule has 3 heteroatoms. The quantitative estimate of drug-likeness (QED) is 0.546. The zero-order valence-electron chi connectivity index (χ0n) is 7.89. The zero-order valence-corrected chi connectivity index (χ0v) is 7.89. The molecule has 0 bridgehead atoms. The molecule has 0 amide bonds. The third kappa shape index (κ3) is 2.77. The predicted molar refractivity (Wildman–Crippen MR) is 47.4 cm³/mol. The molecule has 0 aliphatic heterocycles. The fourth-order valence-electron chi connectivity index (χ4n) is 0.907. The fraction of sp³-hybridized carbons (Fsp3) is 1.00. The second-order valence-electron chi connectivity index (χ2n) is 3.29. The van der Waals surface area contributed by atoms with Crippen LogP contribution in [0.25, 0.3) is 0 Å². The lowest BCUT2D eigenvalue weighted by atomic mass is 9.91. The standard InChI is InChI=1S/C8H20N2O/c1-5-10-7(3)8(4,11)6(2)9/h6-7,10-11H,5,9H2,1-4H3. The number of nitrogens with two attached hydrogens (primary N) is 1. The normalized spacial score (nSPS) is 22.4. The molecule has 0 spiro atoms. The second-order valence-corrected chi connectivity index (χ2v) is 3.29. The van der Waals surface area contributed by atoms with Crippen molar-refractivity contribution in [1.29, 1.82) is 0 Å². The maximum Gasteiger partial charge on any atom is 0.0916 e. The van der Waals surface area contributed by atoms with Crippen molar-refractivity contribution < 1.29 is 5.11 Å². The van der Waals surface area contributed by atoms with Crippen molar-refractivity contribution in [2.45, 2.75) is 45.4 Å². The van der Waals surface area contributed by atoms with Crippen molar-refractivity contribution in [2.24, 2.45) is 5.73 Å². The highest BCUT2D eigenvalue weighted by atomic mass is 16.3. The molecular formula is C8H20N2O. The SMILES string of the molecule is CCNC(C)C(C)(O)C(C)N. The van der Waals surface area contributed by atoms with E-state index in [0.717, 1.165) is 6.54 Å². The van der Waals surface area contributed by atoms with Gasteiger partial charge in [-0.2, -0.15) is 0 Å². The summed E-state index contributed by atoms with van der Waals surface area (Å²) in [6.07, 6.45) is 0. The van der Waals surface area contributed by atoms with Crippen LogP contribution in [0.1, 0.15) is 27.7 Å². The minimum absolute atomic E-state index is 0.0347. The highest BCUT2D eigenvalue weighted by Crippen LogP contribution is 2.12. The molecule has 3 unspecified atom stereocenters. The minimum atomic E-state index is -0.823. The van der Waals surface area contributed by atoms with Crippen LogP contribution in [-0.2, 0) is 0 Å². The Morgan fingerprint density at radius 1 is 1.55 bits per heavy atom. The van der Waals surface area contributed by atoms with Gasteiger partial charge in [0.25, 0.3) is 0 Å². The highest BCUT2D eigenvalue weighted by Gasteiger charge is 2.31. The first-order chi connectivity index (χ1) is 4.92. The van der Waals surface area contributed by atoms with Gasteiger partial charge in [-0.1, -0.05) is 6.92 Å². The van der Waals surface area contributed by atoms with Gasteiger partial charge in [-0.25, -0.2) is 0 Å². The van der Waals surface area contributed by atoms with Crippen LogP contribution in [0.15, 0.2) is 0 Å². The average Bonchev–Trinajstić information content (AvgIpc) is 1.88. The van der Waals surface area contributed by atoms with Crippen molar-refractivity contribution in [3.8, 4) is 0 Å². The minimum Gasteiger partial charge on any atom is -0.387 e. The van der Waals surface area contributed by atoms with Crippen LogP contribution in [0.5, 0.6) is 0 Å². The van der Waals surface area contributed by atoms with Gasteiger partial charge in [-0.3, -0.25) is 0 Å². The van der Waals surface area contributed by atoms with Gasteiger partial charge in [0.2, 0.25) is 0 Å². The number of rotatable bonds is 4. The molecule has 0 radical (unpaired) electrons. The lowest BCUT2D eigenvalue weighted by Crippen LogP contribution is -2.56. The first-order valence-electron chi connectivity index (χ1n) is 4.14. The zero-order chi connectivity index (χ0) is 9.07. The van der Waals surface area contributed by atoms with Crippen LogP contribution in [0.3, 0.4) is 0 Å². The fourth-order valence-corrected chi connectivity index (χ4v) is 0.907. The van der Waals surface area contributed by atoms with Gasteiger partial charge in [0.1, 0.15) is 0 Å². The first-order valence-corrected chi connectivity index (χ1v) is 4.14. The number of likely N-dealkylation sites (N-methyl/N-ethyl adjacent to an activating group) is 1. The Kier molecular flexibility index (Phi) is 4.00. The summed E-state index contributed by atoms with van der Waals surface area (Å²) in [5.74, 6) is 0. The summed E-state index contributed by atoms with van der Waals surface area (Å²) in [5.41, 5.74) is 4.79. The summed E-state index contributed by atoms with van der Waals surface area (Å²) >= 11 is 0. The molecule has 3 atom stereocenters. The Balaban J connectivity index is 4.05. The predicted octanol–water partition coefficient (Wildman–Crippen LogP) is 0.0826. The van der Waals surface area contributed by atoms with Crippen LogP contribution in [0.2, 0.25) is 0 Å². The van der Waals surface area contributed by atoms with Gasteiger partial charge in [-0.05, 0) is 27.3 Å². The van der Waals surface area contributed by atoms with Crippen LogP contribution in [-0.4, -0.2) is 29.3 Å². The molecule has 3 nitrogen and oxygen atoms in total. The van der Waals surface area contributed by atoms with Crippen LogP contribution < -0.4 is 11.1 Å². The number of hydrogen-bond donors (Lipinski definition) is 3. The molecule has 0 aromatic heterocycles. The van der Waals surface area contributed by atoms with E-state index in [1.54, 1.807) is 6.92 Å². The van der Waals surface area contributed by atoms with Crippen molar-refractivity contribution in [3.05, 3.63) is 0 Å². The third-order valence-corrected chi connectivity index (χ3v) is 2.31. The molecule has 0 aromatic carbocycles. The third-order valence-electron chi connectivity index (χ3n) is 2.31. The topological polar surface area (TPSA) is 58.3 Å². The maximum absolute atomic E-state index is 9.80. The Morgan fingerprint density at radius 3 is 2.27 bits per heavy atom. The van der Waals surface area contributed by atoms with E-state index in [1.165, 1.54) is 0 Å². The second kappa shape index (κ2) is 4.04. The summed E-state index contributed by atoms with van der Waals surface area (Å²) in [5, 5.41) is 12.9. The number of hydrogen-bond acceptors (Lipinski definition) is 3.